The molecule has 0 spiro atoms. The number of nitrogens with zero attached hydrogens (tertiary/aromatic N) is 4. The summed E-state index contributed by atoms with van der Waals surface area (Å²) in [7, 11) is 0. The zero-order valence-electron chi connectivity index (χ0n) is 21.8. The Morgan fingerprint density at radius 2 is 1.79 bits per heavy atom. The van der Waals surface area contributed by atoms with Crippen molar-refractivity contribution in [1.82, 2.24) is 30.5 Å². The molecule has 38 heavy (non-hydrogen) atoms. The molecule has 194 valence electrons. The van der Waals surface area contributed by atoms with Crippen molar-refractivity contribution in [2.24, 2.45) is 5.92 Å². The fourth-order valence-electron chi connectivity index (χ4n) is 6.32. The lowest BCUT2D eigenvalue weighted by molar-refractivity contribution is 0.489. The number of benzene rings is 1. The number of piperidine rings is 1. The highest BCUT2D eigenvalue weighted by Crippen LogP contribution is 2.35. The second-order valence-corrected chi connectivity index (χ2v) is 11.0. The molecule has 3 N–H and O–H groups in total. The molecule has 2 aliphatic rings. The molecular weight excluding hydrogens is 470 g/mol. The van der Waals surface area contributed by atoms with Crippen LogP contribution in [0.1, 0.15) is 50.5 Å². The maximum Gasteiger partial charge on any atom is 0.116 e. The second-order valence-electron chi connectivity index (χ2n) is 11.0. The highest BCUT2D eigenvalue weighted by atomic mass is 15.1. The van der Waals surface area contributed by atoms with Crippen LogP contribution in [0.3, 0.4) is 0 Å². The van der Waals surface area contributed by atoms with E-state index in [1.54, 1.807) is 0 Å². The van der Waals surface area contributed by atoms with Gasteiger partial charge in [-0.2, -0.15) is 5.10 Å². The molecule has 5 aromatic rings. The molecule has 0 radical (unpaired) electrons. The molecule has 1 aromatic carbocycles. The monoisotopic (exact) mass is 505 g/mol. The van der Waals surface area contributed by atoms with Gasteiger partial charge in [-0.15, -0.1) is 0 Å². The van der Waals surface area contributed by atoms with E-state index in [-0.39, 0.29) is 0 Å². The molecule has 5 heterocycles. The summed E-state index contributed by atoms with van der Waals surface area (Å²) in [5, 5.41) is 13.8. The van der Waals surface area contributed by atoms with Crippen LogP contribution in [0.15, 0.2) is 55.0 Å². The fourth-order valence-corrected chi connectivity index (χ4v) is 6.32. The number of H-pyrrole nitrogens is 2. The van der Waals surface area contributed by atoms with Gasteiger partial charge < -0.3 is 15.2 Å². The molecule has 1 saturated heterocycles. The van der Waals surface area contributed by atoms with Gasteiger partial charge in [0.1, 0.15) is 5.69 Å². The van der Waals surface area contributed by atoms with Crippen molar-refractivity contribution >= 4 is 27.5 Å². The first-order valence-electron chi connectivity index (χ1n) is 14.2. The van der Waals surface area contributed by atoms with Gasteiger partial charge in [-0.25, -0.2) is 0 Å². The predicted molar refractivity (Wildman–Crippen MR) is 154 cm³/mol. The van der Waals surface area contributed by atoms with Crippen LogP contribution in [0.25, 0.3) is 44.5 Å². The van der Waals surface area contributed by atoms with E-state index in [9.17, 15) is 0 Å². The van der Waals surface area contributed by atoms with Crippen LogP contribution in [0.4, 0.5) is 5.69 Å². The summed E-state index contributed by atoms with van der Waals surface area (Å²) in [4.78, 5) is 15.4. The summed E-state index contributed by atoms with van der Waals surface area (Å²) in [6.45, 7) is 4.19. The standard InChI is InChI=1S/C31H35N7/c1-4-11-38(12-5-1)30-10-6-9-26-24(30)14-28(35-26)31-25-15-27(34-20-29(25)36-37-31)23-13-22(18-33-19-23)17-32-16-21-7-2-3-8-21/h6,9-10,13-15,18-21,32,35H,1-5,7-8,11-12,16-17H2,(H,36,37). The van der Waals surface area contributed by atoms with E-state index in [2.05, 4.69) is 61.7 Å². The zero-order chi connectivity index (χ0) is 25.3. The Morgan fingerprint density at radius 3 is 2.68 bits per heavy atom. The number of aromatic amines is 2. The molecule has 1 aliphatic heterocycles. The molecular formula is C31H35N7. The maximum absolute atomic E-state index is 4.74. The fraction of sp³-hybridized carbons (Fsp3) is 0.387. The van der Waals surface area contributed by atoms with Gasteiger partial charge in [-0.05, 0) is 80.5 Å². The van der Waals surface area contributed by atoms with Crippen LogP contribution in [0, 0.1) is 5.92 Å². The second kappa shape index (κ2) is 10.2. The third kappa shape index (κ3) is 4.56. The molecule has 0 atom stereocenters. The number of pyridine rings is 2. The van der Waals surface area contributed by atoms with Crippen LogP contribution in [-0.4, -0.2) is 44.8 Å². The zero-order valence-corrected chi connectivity index (χ0v) is 21.8. The van der Waals surface area contributed by atoms with Crippen LogP contribution in [0.5, 0.6) is 0 Å². The summed E-state index contributed by atoms with van der Waals surface area (Å²) in [6, 6.07) is 13.2. The molecule has 0 bridgehead atoms. The number of rotatable bonds is 7. The van der Waals surface area contributed by atoms with E-state index in [1.807, 2.05) is 18.6 Å². The lowest BCUT2D eigenvalue weighted by atomic mass is 10.1. The highest BCUT2D eigenvalue weighted by Gasteiger charge is 2.18. The van der Waals surface area contributed by atoms with E-state index in [4.69, 9.17) is 10.1 Å². The third-order valence-corrected chi connectivity index (χ3v) is 8.37. The highest BCUT2D eigenvalue weighted by molar-refractivity contribution is 6.00. The van der Waals surface area contributed by atoms with E-state index in [0.29, 0.717) is 0 Å². The predicted octanol–water partition coefficient (Wildman–Crippen LogP) is 6.44. The minimum Gasteiger partial charge on any atom is -0.371 e. The number of anilines is 1. The van der Waals surface area contributed by atoms with Crippen LogP contribution < -0.4 is 10.2 Å². The Balaban J connectivity index is 1.18. The first-order chi connectivity index (χ1) is 18.8. The first kappa shape index (κ1) is 23.4. The summed E-state index contributed by atoms with van der Waals surface area (Å²) >= 11 is 0. The van der Waals surface area contributed by atoms with E-state index in [1.165, 1.54) is 61.6 Å². The number of fused-ring (bicyclic) bond motifs is 2. The normalized spacial score (nSPS) is 16.7. The van der Waals surface area contributed by atoms with Crippen molar-refractivity contribution < 1.29 is 0 Å². The van der Waals surface area contributed by atoms with Crippen molar-refractivity contribution in [2.45, 2.75) is 51.5 Å². The molecule has 0 amide bonds. The Bertz CT molecular complexity index is 1550. The van der Waals surface area contributed by atoms with E-state index >= 15 is 0 Å². The molecule has 1 saturated carbocycles. The molecule has 0 unspecified atom stereocenters. The van der Waals surface area contributed by atoms with Crippen molar-refractivity contribution in [3.8, 4) is 22.6 Å². The summed E-state index contributed by atoms with van der Waals surface area (Å²) in [5.74, 6) is 0.829. The lowest BCUT2D eigenvalue weighted by Gasteiger charge is -2.29. The number of aromatic nitrogens is 5. The summed E-state index contributed by atoms with van der Waals surface area (Å²) in [6.07, 6.45) is 15.1. The largest absolute Gasteiger partial charge is 0.371 e. The van der Waals surface area contributed by atoms with Gasteiger partial charge >= 0.3 is 0 Å². The minimum atomic E-state index is 0.829. The van der Waals surface area contributed by atoms with Crippen LogP contribution in [-0.2, 0) is 6.54 Å². The maximum atomic E-state index is 4.74. The van der Waals surface area contributed by atoms with Crippen molar-refractivity contribution in [3.63, 3.8) is 0 Å². The van der Waals surface area contributed by atoms with Gasteiger partial charge in [0, 0.05) is 59.6 Å². The van der Waals surface area contributed by atoms with E-state index < -0.39 is 0 Å². The topological polar surface area (TPSA) is 85.5 Å². The summed E-state index contributed by atoms with van der Waals surface area (Å²) < 4.78 is 0. The average molecular weight is 506 g/mol. The van der Waals surface area contributed by atoms with Gasteiger partial charge in [-0.3, -0.25) is 15.1 Å². The van der Waals surface area contributed by atoms with Gasteiger partial charge in [-0.1, -0.05) is 18.9 Å². The first-order valence-corrected chi connectivity index (χ1v) is 14.2. The molecule has 7 nitrogen and oxygen atoms in total. The lowest BCUT2D eigenvalue weighted by Crippen LogP contribution is -2.29. The Hall–Kier alpha value is -3.71. The van der Waals surface area contributed by atoms with Crippen molar-refractivity contribution in [2.75, 3.05) is 24.5 Å². The third-order valence-electron chi connectivity index (χ3n) is 8.37. The molecule has 1 aliphatic carbocycles. The molecule has 2 fully saturated rings. The molecule has 7 rings (SSSR count). The minimum absolute atomic E-state index is 0.829. The quantitative estimate of drug-likeness (QED) is 0.237. The van der Waals surface area contributed by atoms with E-state index in [0.717, 1.165) is 71.2 Å². The van der Waals surface area contributed by atoms with Crippen LogP contribution >= 0.6 is 0 Å². The average Bonchev–Trinajstić information content (AvgIpc) is 3.73. The number of hydrogen-bond donors (Lipinski definition) is 3. The number of nitrogens with one attached hydrogen (secondary N) is 3. The number of hydrogen-bond acceptors (Lipinski definition) is 5. The van der Waals surface area contributed by atoms with Gasteiger partial charge in [0.15, 0.2) is 0 Å². The van der Waals surface area contributed by atoms with Gasteiger partial charge in [0.2, 0.25) is 0 Å². The Morgan fingerprint density at radius 1 is 0.895 bits per heavy atom. The smallest absolute Gasteiger partial charge is 0.116 e. The molecule has 7 heteroatoms. The van der Waals surface area contributed by atoms with Gasteiger partial charge in [0.25, 0.3) is 0 Å². The van der Waals surface area contributed by atoms with Gasteiger partial charge in [0.05, 0.1) is 23.1 Å². The Labute approximate surface area is 223 Å². The SMILES string of the molecule is c1cc(N2CCCCC2)c2cc(-c3n[nH]c4cnc(-c5cncc(CNCC6CCCC6)c5)cc34)[nH]c2c1. The summed E-state index contributed by atoms with van der Waals surface area (Å²) in [5.41, 5.74) is 8.48. The van der Waals surface area contributed by atoms with Crippen molar-refractivity contribution in [1.29, 1.82) is 0 Å². The Kier molecular flexibility index (Phi) is 6.29. The van der Waals surface area contributed by atoms with Crippen molar-refractivity contribution in [3.05, 3.63) is 60.6 Å². The van der Waals surface area contributed by atoms with Crippen LogP contribution in [0.2, 0.25) is 0 Å². The molecule has 4 aromatic heterocycles.